The van der Waals surface area contributed by atoms with Gasteiger partial charge in [-0.1, -0.05) is 18.2 Å². The van der Waals surface area contributed by atoms with Crippen molar-refractivity contribution in [2.24, 2.45) is 0 Å². The number of hydrogen-bond donors (Lipinski definition) is 1. The first-order chi connectivity index (χ1) is 14.0. The Labute approximate surface area is 168 Å². The molecule has 0 bridgehead atoms. The molecule has 0 saturated carbocycles. The van der Waals surface area contributed by atoms with Gasteiger partial charge in [0.15, 0.2) is 12.7 Å². The largest absolute Gasteiger partial charge is 0.482 e. The van der Waals surface area contributed by atoms with E-state index in [9.17, 15) is 32.9 Å². The fraction of sp³-hybridized carbons (Fsp3) is 0.263. The second-order valence-corrected chi connectivity index (χ2v) is 6.16. The van der Waals surface area contributed by atoms with Crippen molar-refractivity contribution in [1.82, 2.24) is 0 Å². The van der Waals surface area contributed by atoms with Crippen molar-refractivity contribution < 1.29 is 37.2 Å². The molecule has 1 unspecified atom stereocenters. The van der Waals surface area contributed by atoms with Crippen LogP contribution in [0.25, 0.3) is 0 Å². The van der Waals surface area contributed by atoms with Gasteiger partial charge in [-0.2, -0.15) is 13.2 Å². The zero-order valence-electron chi connectivity index (χ0n) is 15.9. The normalized spacial score (nSPS) is 12.0. The molecule has 11 heteroatoms. The van der Waals surface area contributed by atoms with E-state index < -0.39 is 52.6 Å². The monoisotopic (exact) mass is 426 g/mol. The first kappa shape index (κ1) is 22.7. The third kappa shape index (κ3) is 5.93. The number of amides is 1. The Morgan fingerprint density at radius 2 is 1.87 bits per heavy atom. The number of non-ortho nitro benzene ring substituents is 1. The molecule has 2 aromatic carbocycles. The minimum atomic E-state index is -4.95. The van der Waals surface area contributed by atoms with Crippen LogP contribution in [0.1, 0.15) is 18.1 Å². The van der Waals surface area contributed by atoms with Gasteiger partial charge in [0, 0.05) is 12.1 Å². The molecule has 1 atom stereocenters. The molecular weight excluding hydrogens is 409 g/mol. The number of nitro benzene ring substituents is 1. The predicted molar refractivity (Wildman–Crippen MR) is 99.0 cm³/mol. The molecule has 0 aliphatic heterocycles. The van der Waals surface area contributed by atoms with E-state index in [0.29, 0.717) is 11.8 Å². The number of ether oxygens (including phenoxy) is 2. The second-order valence-electron chi connectivity index (χ2n) is 6.16. The van der Waals surface area contributed by atoms with E-state index in [4.69, 9.17) is 9.47 Å². The van der Waals surface area contributed by atoms with Gasteiger partial charge in [-0.05, 0) is 31.5 Å². The molecule has 8 nitrogen and oxygen atoms in total. The smallest absolute Gasteiger partial charge is 0.418 e. The van der Waals surface area contributed by atoms with Crippen molar-refractivity contribution in [3.63, 3.8) is 0 Å². The number of anilines is 1. The molecule has 1 amide bonds. The number of aryl methyl sites for hydroxylation is 1. The topological polar surface area (TPSA) is 108 Å². The average molecular weight is 426 g/mol. The molecule has 160 valence electrons. The number of halogens is 3. The van der Waals surface area contributed by atoms with Gasteiger partial charge < -0.3 is 14.8 Å². The first-order valence-electron chi connectivity index (χ1n) is 8.53. The lowest BCUT2D eigenvalue weighted by Crippen LogP contribution is -2.32. The second kappa shape index (κ2) is 9.25. The molecule has 1 N–H and O–H groups in total. The number of para-hydroxylation sites is 1. The molecule has 0 heterocycles. The maximum Gasteiger partial charge on any atom is 0.418 e. The first-order valence-corrected chi connectivity index (χ1v) is 8.53. The van der Waals surface area contributed by atoms with Gasteiger partial charge in [0.1, 0.15) is 5.75 Å². The maximum absolute atomic E-state index is 13.2. The van der Waals surface area contributed by atoms with Crippen LogP contribution in [0.4, 0.5) is 24.5 Å². The Hall–Kier alpha value is -3.63. The third-order valence-electron chi connectivity index (χ3n) is 3.89. The van der Waals surface area contributed by atoms with Gasteiger partial charge in [0.05, 0.1) is 16.2 Å². The van der Waals surface area contributed by atoms with Gasteiger partial charge >= 0.3 is 12.1 Å². The SMILES string of the molecule is Cc1ccccc1OCC(=O)OC(C)C(=O)Nc1ccc([N+](=O)[O-])cc1C(F)(F)F. The molecule has 0 aromatic heterocycles. The average Bonchev–Trinajstić information content (AvgIpc) is 2.66. The van der Waals surface area contributed by atoms with E-state index in [1.54, 1.807) is 31.2 Å². The van der Waals surface area contributed by atoms with Crippen LogP contribution >= 0.6 is 0 Å². The van der Waals surface area contributed by atoms with E-state index in [2.05, 4.69) is 0 Å². The van der Waals surface area contributed by atoms with E-state index in [1.165, 1.54) is 6.92 Å². The van der Waals surface area contributed by atoms with Crippen LogP contribution < -0.4 is 10.1 Å². The third-order valence-corrected chi connectivity index (χ3v) is 3.89. The van der Waals surface area contributed by atoms with Crippen molar-refractivity contribution in [3.8, 4) is 5.75 Å². The Morgan fingerprint density at radius 3 is 2.47 bits per heavy atom. The van der Waals surface area contributed by atoms with Gasteiger partial charge in [0.25, 0.3) is 11.6 Å². The summed E-state index contributed by atoms with van der Waals surface area (Å²) in [5.41, 5.74) is -2.11. The number of benzene rings is 2. The number of esters is 1. The highest BCUT2D eigenvalue weighted by Crippen LogP contribution is 2.37. The van der Waals surface area contributed by atoms with Crippen LogP contribution in [0.3, 0.4) is 0 Å². The summed E-state index contributed by atoms with van der Waals surface area (Å²) in [6, 6.07) is 8.76. The number of carbonyl (C=O) groups is 2. The highest BCUT2D eigenvalue weighted by Gasteiger charge is 2.36. The molecule has 0 saturated heterocycles. The molecule has 30 heavy (non-hydrogen) atoms. The number of nitrogens with zero attached hydrogens (tertiary/aromatic N) is 1. The molecular formula is C19H17F3N2O6. The summed E-state index contributed by atoms with van der Waals surface area (Å²) in [4.78, 5) is 33.7. The highest BCUT2D eigenvalue weighted by atomic mass is 19.4. The lowest BCUT2D eigenvalue weighted by molar-refractivity contribution is -0.385. The van der Waals surface area contributed by atoms with Crippen molar-refractivity contribution in [3.05, 3.63) is 63.7 Å². The molecule has 2 rings (SSSR count). The standard InChI is InChI=1S/C19H17F3N2O6/c1-11-5-3-4-6-16(11)29-10-17(25)30-12(2)18(26)23-15-8-7-13(24(27)28)9-14(15)19(20,21)22/h3-9,12H,10H2,1-2H3,(H,23,26). The van der Waals surface area contributed by atoms with Crippen molar-refractivity contribution >= 4 is 23.3 Å². The summed E-state index contributed by atoms with van der Waals surface area (Å²) in [6.07, 6.45) is -6.38. The summed E-state index contributed by atoms with van der Waals surface area (Å²) in [5, 5.41) is 12.7. The van der Waals surface area contributed by atoms with Gasteiger partial charge in [-0.3, -0.25) is 14.9 Å². The predicted octanol–water partition coefficient (Wildman–Crippen LogP) is 3.87. The fourth-order valence-electron chi connectivity index (χ4n) is 2.36. The van der Waals surface area contributed by atoms with Crippen LogP contribution in [-0.2, 0) is 20.5 Å². The number of nitrogens with one attached hydrogen (secondary N) is 1. The van der Waals surface area contributed by atoms with Crippen molar-refractivity contribution in [2.45, 2.75) is 26.1 Å². The summed E-state index contributed by atoms with van der Waals surface area (Å²) < 4.78 is 49.7. The van der Waals surface area contributed by atoms with Crippen LogP contribution in [0.5, 0.6) is 5.75 Å². The van der Waals surface area contributed by atoms with E-state index in [1.807, 2.05) is 5.32 Å². The van der Waals surface area contributed by atoms with Gasteiger partial charge in [-0.15, -0.1) is 0 Å². The molecule has 0 spiro atoms. The number of nitro groups is 1. The maximum atomic E-state index is 13.2. The van der Waals surface area contributed by atoms with Crippen LogP contribution in [0, 0.1) is 17.0 Å². The number of carbonyl (C=O) groups excluding carboxylic acids is 2. The summed E-state index contributed by atoms with van der Waals surface area (Å²) in [7, 11) is 0. The quantitative estimate of drug-likeness (QED) is 0.409. The molecule has 0 fully saturated rings. The lowest BCUT2D eigenvalue weighted by atomic mass is 10.1. The number of alkyl halides is 3. The van der Waals surface area contributed by atoms with Crippen LogP contribution in [0.2, 0.25) is 0 Å². The molecule has 0 aliphatic rings. The molecule has 2 aromatic rings. The summed E-state index contributed by atoms with van der Waals surface area (Å²) >= 11 is 0. The van der Waals surface area contributed by atoms with Gasteiger partial charge in [-0.25, -0.2) is 4.79 Å². The Kier molecular flexibility index (Phi) is 6.98. The zero-order valence-corrected chi connectivity index (χ0v) is 15.9. The molecule has 0 radical (unpaired) electrons. The van der Waals surface area contributed by atoms with E-state index >= 15 is 0 Å². The molecule has 0 aliphatic carbocycles. The van der Waals surface area contributed by atoms with E-state index in [-0.39, 0.29) is 0 Å². The summed E-state index contributed by atoms with van der Waals surface area (Å²) in [6.45, 7) is 2.42. The highest BCUT2D eigenvalue weighted by molar-refractivity contribution is 5.96. The minimum absolute atomic E-state index is 0.308. The van der Waals surface area contributed by atoms with Crippen LogP contribution in [-0.4, -0.2) is 29.5 Å². The number of rotatable bonds is 7. The van der Waals surface area contributed by atoms with Crippen molar-refractivity contribution in [1.29, 1.82) is 0 Å². The number of hydrogen-bond acceptors (Lipinski definition) is 6. The Balaban J connectivity index is 2.02. The lowest BCUT2D eigenvalue weighted by Gasteiger charge is -2.17. The fourth-order valence-corrected chi connectivity index (χ4v) is 2.36. The van der Waals surface area contributed by atoms with Crippen molar-refractivity contribution in [2.75, 3.05) is 11.9 Å². The summed E-state index contributed by atoms with van der Waals surface area (Å²) in [5.74, 6) is -1.51. The van der Waals surface area contributed by atoms with Gasteiger partial charge in [0.2, 0.25) is 0 Å². The van der Waals surface area contributed by atoms with E-state index in [0.717, 1.165) is 17.7 Å². The minimum Gasteiger partial charge on any atom is -0.482 e. The Bertz CT molecular complexity index is 962. The van der Waals surface area contributed by atoms with Crippen LogP contribution in [0.15, 0.2) is 42.5 Å². The zero-order chi connectivity index (χ0) is 22.5. The Morgan fingerprint density at radius 1 is 1.20 bits per heavy atom.